The van der Waals surface area contributed by atoms with Crippen molar-refractivity contribution in [3.05, 3.63) is 107 Å². The Hall–Kier alpha value is -2.84. The summed E-state index contributed by atoms with van der Waals surface area (Å²) < 4.78 is 0. The van der Waals surface area contributed by atoms with Gasteiger partial charge in [-0.25, -0.2) is 0 Å². The molecule has 0 fully saturated rings. The number of carbonyl (C=O) groups excluding carboxylic acids is 1. The third-order valence-electron chi connectivity index (χ3n) is 3.72. The van der Waals surface area contributed by atoms with Crippen molar-refractivity contribution in [1.29, 1.82) is 0 Å². The van der Waals surface area contributed by atoms with Crippen LogP contribution in [0.15, 0.2) is 85.4 Å². The van der Waals surface area contributed by atoms with Crippen LogP contribution in [0.3, 0.4) is 0 Å². The first-order valence-corrected chi connectivity index (χ1v) is 7.93. The maximum atomic E-state index is 12.7. The van der Waals surface area contributed by atoms with Gasteiger partial charge in [0.05, 0.1) is 0 Å². The van der Waals surface area contributed by atoms with Crippen LogP contribution in [0.25, 0.3) is 5.57 Å². The Morgan fingerprint density at radius 2 is 1.38 bits per heavy atom. The largest absolute Gasteiger partial charge is 0.322 e. The van der Waals surface area contributed by atoms with Crippen LogP contribution in [-0.2, 0) is 0 Å². The lowest BCUT2D eigenvalue weighted by Gasteiger charge is -2.12. The monoisotopic (exact) mass is 333 g/mol. The summed E-state index contributed by atoms with van der Waals surface area (Å²) in [6.45, 7) is 4.16. The molecule has 118 valence electrons. The Balaban J connectivity index is 1.90. The average molecular weight is 334 g/mol. The van der Waals surface area contributed by atoms with Crippen LogP contribution in [0.1, 0.15) is 21.5 Å². The SMILES string of the molecule is C=C(c1ccccc1)c1ccccc1C(=O)Nc1ccc(Cl)cc1. The Morgan fingerprint density at radius 3 is 2.04 bits per heavy atom. The van der Waals surface area contributed by atoms with Gasteiger partial charge in [-0.05, 0) is 47.0 Å². The van der Waals surface area contributed by atoms with Crippen molar-refractivity contribution in [2.45, 2.75) is 0 Å². The van der Waals surface area contributed by atoms with Crippen LogP contribution >= 0.6 is 11.6 Å². The van der Waals surface area contributed by atoms with E-state index >= 15 is 0 Å². The van der Waals surface area contributed by atoms with Crippen molar-refractivity contribution >= 4 is 28.8 Å². The molecular formula is C21H16ClNO. The highest BCUT2D eigenvalue weighted by molar-refractivity contribution is 6.30. The lowest BCUT2D eigenvalue weighted by molar-refractivity contribution is 0.102. The quantitative estimate of drug-likeness (QED) is 0.656. The second-order valence-corrected chi connectivity index (χ2v) is 5.79. The molecule has 0 bridgehead atoms. The number of amides is 1. The summed E-state index contributed by atoms with van der Waals surface area (Å²) in [5.74, 6) is -0.176. The Bertz CT molecular complexity index is 870. The molecule has 0 unspecified atom stereocenters. The number of nitrogens with one attached hydrogen (secondary N) is 1. The molecule has 3 aromatic rings. The van der Waals surface area contributed by atoms with Crippen LogP contribution in [0.4, 0.5) is 5.69 Å². The highest BCUT2D eigenvalue weighted by Crippen LogP contribution is 2.25. The van der Waals surface area contributed by atoms with Gasteiger partial charge in [0.15, 0.2) is 0 Å². The highest BCUT2D eigenvalue weighted by Gasteiger charge is 2.14. The van der Waals surface area contributed by atoms with Crippen LogP contribution in [0, 0.1) is 0 Å². The minimum absolute atomic E-state index is 0.176. The number of benzene rings is 3. The fraction of sp³-hybridized carbons (Fsp3) is 0. The fourth-order valence-electron chi connectivity index (χ4n) is 2.47. The summed E-state index contributed by atoms with van der Waals surface area (Å²) in [7, 11) is 0. The van der Waals surface area contributed by atoms with Gasteiger partial charge in [-0.15, -0.1) is 0 Å². The first-order chi connectivity index (χ1) is 11.6. The topological polar surface area (TPSA) is 29.1 Å². The van der Waals surface area contributed by atoms with Gasteiger partial charge in [-0.1, -0.05) is 66.7 Å². The molecule has 2 nitrogen and oxygen atoms in total. The number of halogens is 1. The molecule has 1 N–H and O–H groups in total. The molecule has 0 aliphatic carbocycles. The molecular weight excluding hydrogens is 318 g/mol. The van der Waals surface area contributed by atoms with E-state index in [1.807, 2.05) is 48.5 Å². The minimum Gasteiger partial charge on any atom is -0.322 e. The van der Waals surface area contributed by atoms with Crippen LogP contribution < -0.4 is 5.32 Å². The molecule has 0 saturated carbocycles. The van der Waals surface area contributed by atoms with Gasteiger partial charge in [0.25, 0.3) is 5.91 Å². The summed E-state index contributed by atoms with van der Waals surface area (Å²) in [5, 5.41) is 3.52. The molecule has 3 rings (SSSR count). The molecule has 24 heavy (non-hydrogen) atoms. The predicted molar refractivity (Wildman–Crippen MR) is 100 cm³/mol. The van der Waals surface area contributed by atoms with Crippen LogP contribution in [0.2, 0.25) is 5.02 Å². The second-order valence-electron chi connectivity index (χ2n) is 5.35. The van der Waals surface area contributed by atoms with E-state index in [0.717, 1.165) is 16.7 Å². The summed E-state index contributed by atoms with van der Waals surface area (Å²) in [5.41, 5.74) is 3.91. The summed E-state index contributed by atoms with van der Waals surface area (Å²) in [6.07, 6.45) is 0. The number of carbonyl (C=O) groups is 1. The molecule has 0 spiro atoms. The standard InChI is InChI=1S/C21H16ClNO/c1-15(16-7-3-2-4-8-16)19-9-5-6-10-20(19)21(24)23-18-13-11-17(22)12-14-18/h2-14H,1H2,(H,23,24). The van der Waals surface area contributed by atoms with Gasteiger partial charge in [0, 0.05) is 16.3 Å². The van der Waals surface area contributed by atoms with Crippen molar-refractivity contribution in [2.75, 3.05) is 5.32 Å². The van der Waals surface area contributed by atoms with Gasteiger partial charge in [-0.2, -0.15) is 0 Å². The third kappa shape index (κ3) is 3.55. The van der Waals surface area contributed by atoms with Gasteiger partial charge in [0.2, 0.25) is 0 Å². The van der Waals surface area contributed by atoms with E-state index in [1.165, 1.54) is 0 Å². The lowest BCUT2D eigenvalue weighted by Crippen LogP contribution is -2.14. The van der Waals surface area contributed by atoms with E-state index in [9.17, 15) is 4.79 Å². The van der Waals surface area contributed by atoms with Crippen LogP contribution in [0.5, 0.6) is 0 Å². The Kier molecular flexibility index (Phi) is 4.78. The molecule has 3 aromatic carbocycles. The van der Waals surface area contributed by atoms with Crippen molar-refractivity contribution in [3.63, 3.8) is 0 Å². The van der Waals surface area contributed by atoms with Gasteiger partial charge >= 0.3 is 0 Å². The predicted octanol–water partition coefficient (Wildman–Crippen LogP) is 5.65. The number of hydrogen-bond acceptors (Lipinski definition) is 1. The summed E-state index contributed by atoms with van der Waals surface area (Å²) >= 11 is 5.88. The minimum atomic E-state index is -0.176. The zero-order chi connectivity index (χ0) is 16.9. The molecule has 0 radical (unpaired) electrons. The molecule has 0 aliphatic rings. The number of rotatable bonds is 4. The highest BCUT2D eigenvalue weighted by atomic mass is 35.5. The van der Waals surface area contributed by atoms with E-state index in [4.69, 9.17) is 11.6 Å². The molecule has 0 aromatic heterocycles. The zero-order valence-corrected chi connectivity index (χ0v) is 13.8. The van der Waals surface area contributed by atoms with Crippen molar-refractivity contribution in [1.82, 2.24) is 0 Å². The van der Waals surface area contributed by atoms with Gasteiger partial charge in [-0.3, -0.25) is 4.79 Å². The van der Waals surface area contributed by atoms with Crippen molar-refractivity contribution in [3.8, 4) is 0 Å². The van der Waals surface area contributed by atoms with Crippen LogP contribution in [-0.4, -0.2) is 5.91 Å². The first kappa shape index (κ1) is 16.0. The molecule has 0 aliphatic heterocycles. The average Bonchev–Trinajstić information content (AvgIpc) is 2.63. The van der Waals surface area contributed by atoms with Gasteiger partial charge < -0.3 is 5.32 Å². The van der Waals surface area contributed by atoms with E-state index in [-0.39, 0.29) is 5.91 Å². The normalized spacial score (nSPS) is 10.2. The number of anilines is 1. The fourth-order valence-corrected chi connectivity index (χ4v) is 2.60. The van der Waals surface area contributed by atoms with E-state index in [1.54, 1.807) is 30.3 Å². The van der Waals surface area contributed by atoms with E-state index < -0.39 is 0 Å². The molecule has 0 heterocycles. The Labute approximate surface area is 146 Å². The maximum absolute atomic E-state index is 12.7. The van der Waals surface area contributed by atoms with E-state index in [0.29, 0.717) is 16.3 Å². The molecule has 1 amide bonds. The summed E-state index contributed by atoms with van der Waals surface area (Å²) in [6, 6.07) is 24.3. The molecule has 0 saturated heterocycles. The van der Waals surface area contributed by atoms with Crippen molar-refractivity contribution in [2.24, 2.45) is 0 Å². The Morgan fingerprint density at radius 1 is 0.792 bits per heavy atom. The van der Waals surface area contributed by atoms with Crippen molar-refractivity contribution < 1.29 is 4.79 Å². The smallest absolute Gasteiger partial charge is 0.256 e. The van der Waals surface area contributed by atoms with E-state index in [2.05, 4.69) is 11.9 Å². The summed E-state index contributed by atoms with van der Waals surface area (Å²) in [4.78, 5) is 12.7. The number of hydrogen-bond donors (Lipinski definition) is 1. The second kappa shape index (κ2) is 7.16. The van der Waals surface area contributed by atoms with Gasteiger partial charge in [0.1, 0.15) is 0 Å². The maximum Gasteiger partial charge on any atom is 0.256 e. The zero-order valence-electron chi connectivity index (χ0n) is 13.0. The molecule has 0 atom stereocenters. The first-order valence-electron chi connectivity index (χ1n) is 7.56. The lowest BCUT2D eigenvalue weighted by atomic mass is 9.95. The molecule has 3 heteroatoms. The third-order valence-corrected chi connectivity index (χ3v) is 3.97.